The lowest BCUT2D eigenvalue weighted by Gasteiger charge is -2.25. The number of likely N-dealkylation sites (tertiary alicyclic amines) is 1. The fraction of sp³-hybridized carbons (Fsp3) is 0.672. The summed E-state index contributed by atoms with van der Waals surface area (Å²) in [4.78, 5) is 83.5. The largest absolute Gasteiger partial charge is 0.379 e. The Balaban J connectivity index is 0. The summed E-state index contributed by atoms with van der Waals surface area (Å²) in [6.45, 7) is 45.1. The summed E-state index contributed by atoms with van der Waals surface area (Å²) in [6, 6.07) is 4.11. The minimum absolute atomic E-state index is 0.00463. The lowest BCUT2D eigenvalue weighted by Crippen LogP contribution is -2.36. The molecule has 1 aromatic heterocycles. The first kappa shape index (κ1) is 73.6. The number of morpholine rings is 1. The zero-order chi connectivity index (χ0) is 59.3. The molecule has 2 aliphatic heterocycles. The molecule has 4 aliphatic rings. The predicted molar refractivity (Wildman–Crippen MR) is 314 cm³/mol. The van der Waals surface area contributed by atoms with Crippen molar-refractivity contribution in [2.45, 2.75) is 183 Å². The number of alkyl halides is 1. The molecule has 2 atom stereocenters. The van der Waals surface area contributed by atoms with Crippen LogP contribution < -0.4 is 0 Å². The zero-order valence-electron chi connectivity index (χ0n) is 50.9. The molecule has 4 fully saturated rings. The smallest absolute Gasteiger partial charge is 0.210 e. The lowest BCUT2D eigenvalue weighted by molar-refractivity contribution is -0.128. The van der Waals surface area contributed by atoms with Gasteiger partial charge in [-0.05, 0) is 101 Å². The molecule has 12 heteroatoms. The van der Waals surface area contributed by atoms with Crippen LogP contribution >= 0.6 is 11.3 Å². The highest BCUT2D eigenvalue weighted by Crippen LogP contribution is 2.39. The second kappa shape index (κ2) is 35.1. The van der Waals surface area contributed by atoms with Crippen LogP contribution in [0.4, 0.5) is 4.39 Å². The Morgan fingerprint density at radius 2 is 1.08 bits per heavy atom. The number of thiophene rings is 1. The fourth-order valence-electron chi connectivity index (χ4n) is 6.10. The Morgan fingerprint density at radius 1 is 0.645 bits per heavy atom. The monoisotopic (exact) mass is 1080 g/mol. The molecule has 0 radical (unpaired) electrons. The third-order valence-electron chi connectivity index (χ3n) is 11.5. The van der Waals surface area contributed by atoms with E-state index in [1.807, 2.05) is 128 Å². The van der Waals surface area contributed by atoms with E-state index in [9.17, 15) is 38.0 Å². The van der Waals surface area contributed by atoms with Crippen LogP contribution in [0.1, 0.15) is 175 Å². The molecule has 5 rings (SSSR count). The Bertz CT molecular complexity index is 2140. The van der Waals surface area contributed by atoms with Crippen molar-refractivity contribution in [3.8, 4) is 24.2 Å². The summed E-state index contributed by atoms with van der Waals surface area (Å²) >= 11 is 1.72. The number of carbonyl (C=O) groups is 7. The number of allylic oxidation sites excluding steroid dienone is 4. The van der Waals surface area contributed by atoms with Gasteiger partial charge in [0.15, 0.2) is 17.3 Å². The molecule has 0 aromatic carbocycles. The summed E-state index contributed by atoms with van der Waals surface area (Å²) in [6.07, 6.45) is 21.1. The minimum atomic E-state index is -0.841. The van der Waals surface area contributed by atoms with Gasteiger partial charge >= 0.3 is 0 Å². The van der Waals surface area contributed by atoms with Crippen LogP contribution in [-0.2, 0) is 44.7 Å². The molecule has 0 amide bonds. The average Bonchev–Trinajstić information content (AvgIpc) is 4.15. The van der Waals surface area contributed by atoms with Crippen LogP contribution in [0.2, 0.25) is 0 Å². The highest BCUT2D eigenvalue weighted by molar-refractivity contribution is 7.09. The molecule has 10 nitrogen and oxygen atoms in total. The molecule has 2 unspecified atom stereocenters. The van der Waals surface area contributed by atoms with E-state index >= 15 is 0 Å². The minimum Gasteiger partial charge on any atom is -0.379 e. The van der Waals surface area contributed by atoms with Gasteiger partial charge in [0.2, 0.25) is 11.6 Å². The van der Waals surface area contributed by atoms with E-state index < -0.39 is 6.17 Å². The van der Waals surface area contributed by atoms with E-state index in [1.54, 1.807) is 64.2 Å². The molecule has 2 saturated heterocycles. The summed E-state index contributed by atoms with van der Waals surface area (Å²) < 4.78 is 17.6. The molecule has 428 valence electrons. The first-order valence-electron chi connectivity index (χ1n) is 27.0. The van der Waals surface area contributed by atoms with E-state index in [4.69, 9.17) is 11.2 Å². The summed E-state index contributed by atoms with van der Waals surface area (Å²) in [5, 5.41) is 2.05. The third-order valence-corrected chi connectivity index (χ3v) is 12.4. The number of ether oxygens (including phenoxy) is 1. The van der Waals surface area contributed by atoms with Gasteiger partial charge in [-0.3, -0.25) is 43.4 Å². The SMILES string of the molecule is C#CC(=O)C(C)(C)C.CC#CC(=O)C(C)(C)C.CC(=O)/C=C/CN1CCCC1.CC(C)(C)C(=O)/C=C/CN1CCOCC1.CC(C)(C)C(=O)/C=C/Cc1cccs1.CC(C)(C)C(=O)C1CC1.CC(C)(C)C(=O)C1CC1F. The maximum absolute atomic E-state index is 12.3. The first-order chi connectivity index (χ1) is 34.7. The standard InChI is InChI=1S/C12H21NO2.C12H16OS.C9H15NO.C8H13FO.C8H14O.C8H12O.C7H10O/c1-12(2,3)11(14)5-4-6-13-7-9-15-10-8-13;1-12(2,3)11(13)8-4-6-10-7-5-9-14-10;1-9(11)5-4-8-10-6-2-3-7-10;1-8(2,3)7(10)5-4-6(5)9;1-8(2,3)7(9)6-4-5-6;1-5-6-7(9)8(2,3)4;1-5-6(8)7(2,3)4/h4-5H,6-10H2,1-3H3;4-5,7-9H,6H2,1-3H3;4-5H,2-3,6-8H2,1H3;5-6H,4H2,1-3H3;6H,4-5H2,1-3H3;1-4H3;1H,2-4H3/b5-4+;8-4+;5-4+;;;;. The number of halogens is 1. The van der Waals surface area contributed by atoms with Gasteiger partial charge in [-0.15, -0.1) is 17.8 Å². The van der Waals surface area contributed by atoms with E-state index in [2.05, 4.69) is 39.0 Å². The van der Waals surface area contributed by atoms with E-state index in [1.165, 1.54) is 30.8 Å². The molecule has 0 bridgehead atoms. The van der Waals surface area contributed by atoms with Crippen molar-refractivity contribution >= 4 is 51.8 Å². The lowest BCUT2D eigenvalue weighted by atomic mass is 9.88. The molecule has 2 aliphatic carbocycles. The number of hydrogen-bond donors (Lipinski definition) is 0. The van der Waals surface area contributed by atoms with Crippen molar-refractivity contribution in [2.75, 3.05) is 52.5 Å². The molecule has 76 heavy (non-hydrogen) atoms. The van der Waals surface area contributed by atoms with Crippen molar-refractivity contribution < 1.29 is 42.7 Å². The van der Waals surface area contributed by atoms with Crippen molar-refractivity contribution in [2.24, 2.45) is 44.3 Å². The Morgan fingerprint density at radius 3 is 1.37 bits per heavy atom. The second-order valence-corrected chi connectivity index (χ2v) is 26.8. The molecule has 2 saturated carbocycles. The highest BCUT2D eigenvalue weighted by Gasteiger charge is 2.47. The van der Waals surface area contributed by atoms with Gasteiger partial charge in [-0.1, -0.05) is 155 Å². The molecule has 0 spiro atoms. The number of ketones is 7. The third kappa shape index (κ3) is 37.3. The maximum atomic E-state index is 12.3. The maximum Gasteiger partial charge on any atom is 0.210 e. The van der Waals surface area contributed by atoms with Gasteiger partial charge in [-0.25, -0.2) is 4.39 Å². The van der Waals surface area contributed by atoms with Crippen LogP contribution in [0.3, 0.4) is 0 Å². The number of nitrogens with zero attached hydrogens (tertiary/aromatic N) is 2. The van der Waals surface area contributed by atoms with E-state index in [-0.39, 0.29) is 73.1 Å². The van der Waals surface area contributed by atoms with Crippen molar-refractivity contribution in [3.05, 3.63) is 58.8 Å². The zero-order valence-corrected chi connectivity index (χ0v) is 51.7. The number of Topliss-reactive ketones (excluding diaryl/α,β-unsaturated/α-hetero) is 4. The Labute approximate surface area is 465 Å². The van der Waals surface area contributed by atoms with E-state index in [0.717, 1.165) is 58.7 Å². The second-order valence-electron chi connectivity index (χ2n) is 25.8. The molecule has 3 heterocycles. The number of rotatable bonds is 11. The van der Waals surface area contributed by atoms with Crippen LogP contribution in [0.15, 0.2) is 54.0 Å². The summed E-state index contributed by atoms with van der Waals surface area (Å²) in [5.74, 6) is 8.18. The van der Waals surface area contributed by atoms with Crippen LogP contribution in [0.25, 0.3) is 0 Å². The van der Waals surface area contributed by atoms with Crippen molar-refractivity contribution in [1.29, 1.82) is 0 Å². The number of terminal acetylenes is 1. The molecular formula is C64H101FN2O8S. The van der Waals surface area contributed by atoms with Gasteiger partial charge < -0.3 is 4.74 Å². The quantitative estimate of drug-likeness (QED) is 0.120. The summed E-state index contributed by atoms with van der Waals surface area (Å²) in [7, 11) is 0. The van der Waals surface area contributed by atoms with Crippen molar-refractivity contribution in [3.63, 3.8) is 0 Å². The fourth-order valence-corrected chi connectivity index (χ4v) is 6.78. The van der Waals surface area contributed by atoms with Crippen LogP contribution in [0.5, 0.6) is 0 Å². The first-order valence-corrected chi connectivity index (χ1v) is 27.9. The van der Waals surface area contributed by atoms with Gasteiger partial charge in [0.05, 0.1) is 19.1 Å². The molecular weight excluding hydrogens is 976 g/mol. The number of hydrogen-bond acceptors (Lipinski definition) is 11. The number of carbonyl (C=O) groups excluding carboxylic acids is 7. The van der Waals surface area contributed by atoms with Crippen LogP contribution in [0, 0.1) is 68.5 Å². The molecule has 0 N–H and O–H groups in total. The Kier molecular flexibility index (Phi) is 34.0. The van der Waals surface area contributed by atoms with Crippen molar-refractivity contribution in [1.82, 2.24) is 9.80 Å². The Hall–Kier alpha value is -4.46. The predicted octanol–water partition coefficient (Wildman–Crippen LogP) is 13.0. The van der Waals surface area contributed by atoms with Gasteiger partial charge in [0.1, 0.15) is 17.7 Å². The van der Waals surface area contributed by atoms with E-state index in [0.29, 0.717) is 18.1 Å². The normalized spacial score (nSPS) is 17.8. The highest BCUT2D eigenvalue weighted by atomic mass is 32.1. The topological polar surface area (TPSA) is 135 Å². The van der Waals surface area contributed by atoms with Crippen LogP contribution in [-0.4, -0.2) is 109 Å². The molecule has 1 aromatic rings. The summed E-state index contributed by atoms with van der Waals surface area (Å²) in [5.41, 5.74) is -1.64. The van der Waals surface area contributed by atoms with Gasteiger partial charge in [0, 0.05) is 75.9 Å². The van der Waals surface area contributed by atoms with Gasteiger partial charge in [0.25, 0.3) is 0 Å². The average molecular weight is 1080 g/mol. The van der Waals surface area contributed by atoms with Gasteiger partial charge in [-0.2, -0.15) is 0 Å².